The number of hydrogen-bond acceptors (Lipinski definition) is 5. The van der Waals surface area contributed by atoms with Gasteiger partial charge in [0, 0.05) is 30.1 Å². The molecule has 1 aromatic carbocycles. The summed E-state index contributed by atoms with van der Waals surface area (Å²) in [5, 5.41) is 8.88. The Morgan fingerprint density at radius 2 is 2.00 bits per heavy atom. The largest absolute Gasteiger partial charge is 0.356 e. The van der Waals surface area contributed by atoms with E-state index in [4.69, 9.17) is 0 Å². The van der Waals surface area contributed by atoms with Gasteiger partial charge in [-0.3, -0.25) is 14.5 Å². The van der Waals surface area contributed by atoms with Gasteiger partial charge in [-0.2, -0.15) is 0 Å². The van der Waals surface area contributed by atoms with E-state index in [0.29, 0.717) is 0 Å². The number of likely N-dealkylation sites (tertiary alicyclic amines) is 1. The van der Waals surface area contributed by atoms with Crippen molar-refractivity contribution in [2.45, 2.75) is 53.0 Å². The number of carbonyl (C=O) groups excluding carboxylic acids is 2. The van der Waals surface area contributed by atoms with E-state index < -0.39 is 0 Å². The molecule has 1 aliphatic heterocycles. The first-order valence-corrected chi connectivity index (χ1v) is 11.6. The lowest BCUT2D eigenvalue weighted by Gasteiger charge is -2.30. The number of nitrogens with zero attached hydrogens (tertiary/aromatic N) is 2. The van der Waals surface area contributed by atoms with Crippen molar-refractivity contribution in [3.63, 3.8) is 0 Å². The molecule has 0 bridgehead atoms. The minimum atomic E-state index is -0.0384. The maximum absolute atomic E-state index is 12.4. The zero-order valence-electron chi connectivity index (χ0n) is 18.2. The van der Waals surface area contributed by atoms with Crippen LogP contribution in [0.5, 0.6) is 0 Å². The SMILES string of the molecule is CCCNC(=O)C1CCN(Cc2csc(CC(=O)Nc3cc(C)ccc3C)n2)CC1. The number of thiazole rings is 1. The quantitative estimate of drug-likeness (QED) is 0.673. The zero-order chi connectivity index (χ0) is 21.5. The summed E-state index contributed by atoms with van der Waals surface area (Å²) in [7, 11) is 0. The monoisotopic (exact) mass is 428 g/mol. The Balaban J connectivity index is 1.46. The second-order valence-corrected chi connectivity index (χ2v) is 9.06. The molecular weight excluding hydrogens is 396 g/mol. The summed E-state index contributed by atoms with van der Waals surface area (Å²) in [5.41, 5.74) is 4.05. The van der Waals surface area contributed by atoms with Crippen LogP contribution in [0.4, 0.5) is 5.69 Å². The molecule has 2 heterocycles. The molecule has 1 fully saturated rings. The number of benzene rings is 1. The Morgan fingerprint density at radius 1 is 1.23 bits per heavy atom. The summed E-state index contributed by atoms with van der Waals surface area (Å²) in [4.78, 5) is 31.6. The van der Waals surface area contributed by atoms with Crippen molar-refractivity contribution < 1.29 is 9.59 Å². The first-order valence-electron chi connectivity index (χ1n) is 10.7. The Bertz CT molecular complexity index is 872. The van der Waals surface area contributed by atoms with Gasteiger partial charge in [0.1, 0.15) is 5.01 Å². The third kappa shape index (κ3) is 6.37. The van der Waals surface area contributed by atoms with E-state index in [0.717, 1.165) is 73.0 Å². The molecular formula is C23H32N4O2S. The maximum atomic E-state index is 12.4. The van der Waals surface area contributed by atoms with Crippen molar-refractivity contribution in [2.24, 2.45) is 5.92 Å². The molecule has 1 saturated heterocycles. The summed E-state index contributed by atoms with van der Waals surface area (Å²) in [6.45, 7) is 9.43. The van der Waals surface area contributed by atoms with E-state index in [9.17, 15) is 9.59 Å². The average Bonchev–Trinajstić information content (AvgIpc) is 3.16. The van der Waals surface area contributed by atoms with Gasteiger partial charge < -0.3 is 10.6 Å². The molecule has 1 aliphatic rings. The van der Waals surface area contributed by atoms with Crippen molar-refractivity contribution in [2.75, 3.05) is 25.0 Å². The number of piperidine rings is 1. The number of rotatable bonds is 8. The van der Waals surface area contributed by atoms with Gasteiger partial charge in [0.15, 0.2) is 0 Å². The summed E-state index contributed by atoms with van der Waals surface area (Å²) in [6, 6.07) is 6.05. The van der Waals surface area contributed by atoms with Crippen molar-refractivity contribution in [3.05, 3.63) is 45.4 Å². The number of aromatic nitrogens is 1. The Hall–Kier alpha value is -2.25. The van der Waals surface area contributed by atoms with Gasteiger partial charge >= 0.3 is 0 Å². The highest BCUT2D eigenvalue weighted by molar-refractivity contribution is 7.09. The highest BCUT2D eigenvalue weighted by Crippen LogP contribution is 2.21. The number of nitrogens with one attached hydrogen (secondary N) is 2. The third-order valence-electron chi connectivity index (χ3n) is 5.47. The van der Waals surface area contributed by atoms with Crippen molar-refractivity contribution >= 4 is 28.8 Å². The molecule has 2 amide bonds. The average molecular weight is 429 g/mol. The van der Waals surface area contributed by atoms with Gasteiger partial charge in [0.25, 0.3) is 0 Å². The minimum Gasteiger partial charge on any atom is -0.356 e. The number of carbonyl (C=O) groups is 2. The number of anilines is 1. The van der Waals surface area contributed by atoms with Gasteiger partial charge in [-0.05, 0) is 63.4 Å². The molecule has 0 saturated carbocycles. The second kappa shape index (κ2) is 10.7. The van der Waals surface area contributed by atoms with Crippen molar-refractivity contribution in [1.82, 2.24) is 15.2 Å². The van der Waals surface area contributed by atoms with E-state index >= 15 is 0 Å². The lowest BCUT2D eigenvalue weighted by atomic mass is 9.96. The third-order valence-corrected chi connectivity index (χ3v) is 6.37. The molecule has 1 aromatic heterocycles. The zero-order valence-corrected chi connectivity index (χ0v) is 19.0. The molecule has 2 aromatic rings. The van der Waals surface area contributed by atoms with Crippen molar-refractivity contribution in [1.29, 1.82) is 0 Å². The Kier molecular flexibility index (Phi) is 7.99. The van der Waals surface area contributed by atoms with Crippen LogP contribution in [0.3, 0.4) is 0 Å². The van der Waals surface area contributed by atoms with Gasteiger partial charge in [-0.15, -0.1) is 11.3 Å². The molecule has 3 rings (SSSR count). The van der Waals surface area contributed by atoms with Crippen LogP contribution in [-0.2, 0) is 22.6 Å². The van der Waals surface area contributed by atoms with E-state index in [1.165, 1.54) is 11.3 Å². The standard InChI is InChI=1S/C23H32N4O2S/c1-4-9-24-23(29)18-7-10-27(11-8-18)14-19-15-30-22(25-19)13-21(28)26-20-12-16(2)5-6-17(20)3/h5-6,12,15,18H,4,7-11,13-14H2,1-3H3,(H,24,29)(H,26,28). The van der Waals surface area contributed by atoms with Crippen LogP contribution in [0, 0.1) is 19.8 Å². The van der Waals surface area contributed by atoms with Crippen LogP contribution < -0.4 is 10.6 Å². The highest BCUT2D eigenvalue weighted by atomic mass is 32.1. The fraction of sp³-hybridized carbons (Fsp3) is 0.522. The molecule has 162 valence electrons. The van der Waals surface area contributed by atoms with Crippen LogP contribution in [-0.4, -0.2) is 41.3 Å². The van der Waals surface area contributed by atoms with Crippen LogP contribution in [0.15, 0.2) is 23.6 Å². The summed E-state index contributed by atoms with van der Waals surface area (Å²) in [6.07, 6.45) is 3.05. The molecule has 30 heavy (non-hydrogen) atoms. The van der Waals surface area contributed by atoms with Gasteiger partial charge in [-0.1, -0.05) is 19.1 Å². The summed E-state index contributed by atoms with van der Waals surface area (Å²) >= 11 is 1.54. The highest BCUT2D eigenvalue weighted by Gasteiger charge is 2.25. The molecule has 7 heteroatoms. The normalized spacial score (nSPS) is 15.2. The predicted molar refractivity (Wildman–Crippen MR) is 122 cm³/mol. The van der Waals surface area contributed by atoms with E-state index in [-0.39, 0.29) is 24.2 Å². The van der Waals surface area contributed by atoms with Crippen LogP contribution in [0.1, 0.15) is 48.0 Å². The van der Waals surface area contributed by atoms with E-state index in [2.05, 4.69) is 27.4 Å². The summed E-state index contributed by atoms with van der Waals surface area (Å²) < 4.78 is 0. The second-order valence-electron chi connectivity index (χ2n) is 8.12. The van der Waals surface area contributed by atoms with Crippen LogP contribution >= 0.6 is 11.3 Å². The number of hydrogen-bond donors (Lipinski definition) is 2. The molecule has 2 N–H and O–H groups in total. The number of amides is 2. The van der Waals surface area contributed by atoms with E-state index in [1.54, 1.807) is 0 Å². The topological polar surface area (TPSA) is 74.3 Å². The molecule has 0 spiro atoms. The minimum absolute atomic E-state index is 0.0384. The van der Waals surface area contributed by atoms with Gasteiger partial charge in [-0.25, -0.2) is 4.98 Å². The lowest BCUT2D eigenvalue weighted by Crippen LogP contribution is -2.40. The Labute approximate surface area is 183 Å². The lowest BCUT2D eigenvalue weighted by molar-refractivity contribution is -0.126. The molecule has 0 unspecified atom stereocenters. The number of aryl methyl sites for hydroxylation is 2. The van der Waals surface area contributed by atoms with Crippen LogP contribution in [0.2, 0.25) is 0 Å². The van der Waals surface area contributed by atoms with E-state index in [1.807, 2.05) is 37.4 Å². The molecule has 6 nitrogen and oxygen atoms in total. The van der Waals surface area contributed by atoms with Crippen molar-refractivity contribution in [3.8, 4) is 0 Å². The summed E-state index contributed by atoms with van der Waals surface area (Å²) in [5.74, 6) is 0.290. The fourth-order valence-corrected chi connectivity index (χ4v) is 4.46. The Morgan fingerprint density at radius 3 is 2.73 bits per heavy atom. The first kappa shape index (κ1) is 22.4. The maximum Gasteiger partial charge on any atom is 0.231 e. The smallest absolute Gasteiger partial charge is 0.231 e. The predicted octanol–water partition coefficient (Wildman–Crippen LogP) is 3.68. The molecule has 0 radical (unpaired) electrons. The molecule has 0 atom stereocenters. The van der Waals surface area contributed by atoms with Gasteiger partial charge in [0.2, 0.25) is 11.8 Å². The molecule has 0 aliphatic carbocycles. The first-order chi connectivity index (χ1) is 14.4. The van der Waals surface area contributed by atoms with Crippen LogP contribution in [0.25, 0.3) is 0 Å². The van der Waals surface area contributed by atoms with Gasteiger partial charge in [0.05, 0.1) is 12.1 Å². The fourth-order valence-electron chi connectivity index (χ4n) is 3.68.